The van der Waals surface area contributed by atoms with Gasteiger partial charge >= 0.3 is 0 Å². The Balaban J connectivity index is 2.10. The summed E-state index contributed by atoms with van der Waals surface area (Å²) < 4.78 is 26.3. The average molecular weight is 330 g/mol. The summed E-state index contributed by atoms with van der Waals surface area (Å²) >= 11 is 3.05. The molecule has 0 amide bonds. The van der Waals surface area contributed by atoms with Gasteiger partial charge in [0, 0.05) is 30.4 Å². The number of rotatable bonds is 7. The number of nitrogens with one attached hydrogen (secondary N) is 1. The predicted octanol–water partition coefficient (Wildman–Crippen LogP) is 2.74. The van der Waals surface area contributed by atoms with E-state index in [-0.39, 0.29) is 0 Å². The minimum atomic E-state index is -3.40. The summed E-state index contributed by atoms with van der Waals surface area (Å²) in [4.78, 5) is 1.42. The van der Waals surface area contributed by atoms with Crippen molar-refractivity contribution in [2.75, 3.05) is 13.6 Å². The van der Waals surface area contributed by atoms with Gasteiger partial charge in [-0.3, -0.25) is 0 Å². The molecule has 0 atom stereocenters. The van der Waals surface area contributed by atoms with Crippen molar-refractivity contribution in [2.24, 2.45) is 0 Å². The zero-order chi connectivity index (χ0) is 14.6. The summed E-state index contributed by atoms with van der Waals surface area (Å²) in [5.41, 5.74) is 1.02. The minimum absolute atomic E-state index is 0.383. The van der Waals surface area contributed by atoms with Gasteiger partial charge in [0.1, 0.15) is 0 Å². The molecule has 0 aliphatic heterocycles. The second-order valence-electron chi connectivity index (χ2n) is 4.42. The maximum Gasteiger partial charge on any atom is 0.243 e. The zero-order valence-electron chi connectivity index (χ0n) is 11.5. The van der Waals surface area contributed by atoms with E-state index in [0.29, 0.717) is 18.0 Å². The Kier molecular flexibility index (Phi) is 5.34. The highest BCUT2D eigenvalue weighted by molar-refractivity contribution is 7.89. The van der Waals surface area contributed by atoms with Crippen LogP contribution in [0.3, 0.4) is 0 Å². The summed E-state index contributed by atoms with van der Waals surface area (Å²) in [5.74, 6) is 0. The van der Waals surface area contributed by atoms with Gasteiger partial charge in [-0.05, 0) is 35.0 Å². The molecule has 7 heteroatoms. The van der Waals surface area contributed by atoms with E-state index in [4.69, 9.17) is 0 Å². The van der Waals surface area contributed by atoms with Crippen molar-refractivity contribution in [2.45, 2.75) is 24.9 Å². The van der Waals surface area contributed by atoms with E-state index >= 15 is 0 Å². The van der Waals surface area contributed by atoms with Crippen LogP contribution in [0, 0.1) is 0 Å². The van der Waals surface area contributed by atoms with Crippen LogP contribution in [0.4, 0.5) is 0 Å². The Morgan fingerprint density at radius 1 is 1.35 bits per heavy atom. The third kappa shape index (κ3) is 3.67. The van der Waals surface area contributed by atoms with Crippen molar-refractivity contribution in [3.05, 3.63) is 38.7 Å². The number of nitrogens with zero attached hydrogens (tertiary/aromatic N) is 1. The molecular weight excluding hydrogens is 312 g/mol. The van der Waals surface area contributed by atoms with Gasteiger partial charge in [-0.2, -0.15) is 15.6 Å². The number of thiophene rings is 2. The fourth-order valence-corrected chi connectivity index (χ4v) is 4.79. The van der Waals surface area contributed by atoms with Crippen molar-refractivity contribution in [1.29, 1.82) is 0 Å². The molecule has 20 heavy (non-hydrogen) atoms. The van der Waals surface area contributed by atoms with Gasteiger partial charge in [0.05, 0.1) is 4.90 Å². The van der Waals surface area contributed by atoms with Gasteiger partial charge < -0.3 is 5.32 Å². The molecule has 1 N–H and O–H groups in total. The van der Waals surface area contributed by atoms with Crippen LogP contribution < -0.4 is 5.32 Å². The smallest absolute Gasteiger partial charge is 0.243 e. The molecule has 0 aliphatic rings. The molecule has 0 aromatic carbocycles. The van der Waals surface area contributed by atoms with E-state index in [1.54, 1.807) is 29.8 Å². The first-order valence-electron chi connectivity index (χ1n) is 6.29. The van der Waals surface area contributed by atoms with Crippen molar-refractivity contribution < 1.29 is 8.42 Å². The van der Waals surface area contributed by atoms with Gasteiger partial charge in [-0.1, -0.05) is 6.92 Å². The lowest BCUT2D eigenvalue weighted by Crippen LogP contribution is -2.25. The SMILES string of the molecule is CCNCc1cc(S(=O)(=O)N(C)Cc2ccsc2)cs1. The highest BCUT2D eigenvalue weighted by atomic mass is 32.2. The summed E-state index contributed by atoms with van der Waals surface area (Å²) in [6, 6.07) is 3.70. The molecule has 0 unspecified atom stereocenters. The summed E-state index contributed by atoms with van der Waals surface area (Å²) in [7, 11) is -1.78. The van der Waals surface area contributed by atoms with Crippen LogP contribution >= 0.6 is 22.7 Å². The topological polar surface area (TPSA) is 49.4 Å². The normalized spacial score (nSPS) is 12.2. The van der Waals surface area contributed by atoms with E-state index in [9.17, 15) is 8.42 Å². The molecule has 110 valence electrons. The Hall–Kier alpha value is -0.730. The molecule has 0 radical (unpaired) electrons. The molecule has 4 nitrogen and oxygen atoms in total. The Bertz CT molecular complexity index is 632. The number of hydrogen-bond acceptors (Lipinski definition) is 5. The Morgan fingerprint density at radius 3 is 2.80 bits per heavy atom. The van der Waals surface area contributed by atoms with Crippen LogP contribution in [0.25, 0.3) is 0 Å². The predicted molar refractivity (Wildman–Crippen MR) is 84.7 cm³/mol. The lowest BCUT2D eigenvalue weighted by Gasteiger charge is -2.15. The Labute approximate surface area is 128 Å². The molecule has 0 bridgehead atoms. The highest BCUT2D eigenvalue weighted by Gasteiger charge is 2.22. The van der Waals surface area contributed by atoms with Gasteiger partial charge in [0.2, 0.25) is 10.0 Å². The third-order valence-electron chi connectivity index (χ3n) is 2.87. The van der Waals surface area contributed by atoms with E-state index in [2.05, 4.69) is 5.32 Å². The lowest BCUT2D eigenvalue weighted by atomic mass is 10.3. The molecule has 2 aromatic heterocycles. The molecule has 0 spiro atoms. The molecule has 0 aliphatic carbocycles. The first-order valence-corrected chi connectivity index (χ1v) is 9.56. The Morgan fingerprint density at radius 2 is 2.15 bits per heavy atom. The van der Waals surface area contributed by atoms with Crippen LogP contribution in [0.5, 0.6) is 0 Å². The fourth-order valence-electron chi connectivity index (χ4n) is 1.74. The largest absolute Gasteiger partial charge is 0.312 e. The van der Waals surface area contributed by atoms with Crippen molar-refractivity contribution in [1.82, 2.24) is 9.62 Å². The lowest BCUT2D eigenvalue weighted by molar-refractivity contribution is 0.467. The summed E-state index contributed by atoms with van der Waals surface area (Å²) in [6.07, 6.45) is 0. The van der Waals surface area contributed by atoms with E-state index in [0.717, 1.165) is 17.0 Å². The molecule has 2 heterocycles. The van der Waals surface area contributed by atoms with Gasteiger partial charge in [0.25, 0.3) is 0 Å². The zero-order valence-corrected chi connectivity index (χ0v) is 13.9. The number of hydrogen-bond donors (Lipinski definition) is 1. The van der Waals surface area contributed by atoms with Crippen molar-refractivity contribution in [3.8, 4) is 0 Å². The van der Waals surface area contributed by atoms with Crippen LogP contribution in [-0.2, 0) is 23.1 Å². The summed E-state index contributed by atoms with van der Waals surface area (Å²) in [5, 5.41) is 8.83. The maximum atomic E-state index is 12.5. The van der Waals surface area contributed by atoms with E-state index < -0.39 is 10.0 Å². The van der Waals surface area contributed by atoms with Crippen molar-refractivity contribution >= 4 is 32.7 Å². The quantitative estimate of drug-likeness (QED) is 0.849. The first kappa shape index (κ1) is 15.7. The van der Waals surface area contributed by atoms with Gasteiger partial charge in [-0.25, -0.2) is 8.42 Å². The number of sulfonamides is 1. The first-order chi connectivity index (χ1) is 9.54. The second-order valence-corrected chi connectivity index (χ2v) is 8.24. The average Bonchev–Trinajstić information content (AvgIpc) is 3.07. The third-order valence-corrected chi connectivity index (χ3v) is 6.47. The summed E-state index contributed by atoms with van der Waals surface area (Å²) in [6.45, 7) is 4.02. The molecule has 0 saturated carbocycles. The van der Waals surface area contributed by atoms with Crippen molar-refractivity contribution in [3.63, 3.8) is 0 Å². The maximum absolute atomic E-state index is 12.5. The minimum Gasteiger partial charge on any atom is -0.312 e. The van der Waals surface area contributed by atoms with Crippen LogP contribution in [0.15, 0.2) is 33.2 Å². The molecular formula is C13H18N2O2S3. The van der Waals surface area contributed by atoms with Gasteiger partial charge in [0.15, 0.2) is 0 Å². The fraction of sp³-hybridized carbons (Fsp3) is 0.385. The monoisotopic (exact) mass is 330 g/mol. The molecule has 2 aromatic rings. The van der Waals surface area contributed by atoms with E-state index in [1.165, 1.54) is 15.6 Å². The van der Waals surface area contributed by atoms with Gasteiger partial charge in [-0.15, -0.1) is 11.3 Å². The standard InChI is InChI=1S/C13H18N2O2S3/c1-3-14-7-12-6-13(10-19-12)20(16,17)15(2)8-11-4-5-18-9-11/h4-6,9-10,14H,3,7-8H2,1-2H3. The van der Waals surface area contributed by atoms with E-state index in [1.807, 2.05) is 23.8 Å². The van der Waals surface area contributed by atoms with Crippen LogP contribution in [0.2, 0.25) is 0 Å². The molecule has 0 saturated heterocycles. The highest BCUT2D eigenvalue weighted by Crippen LogP contribution is 2.23. The molecule has 0 fully saturated rings. The van der Waals surface area contributed by atoms with Crippen LogP contribution in [-0.4, -0.2) is 26.3 Å². The second kappa shape index (κ2) is 6.82. The molecule has 2 rings (SSSR count). The van der Waals surface area contributed by atoms with Crippen LogP contribution in [0.1, 0.15) is 17.4 Å².